The van der Waals surface area contributed by atoms with Gasteiger partial charge in [-0.3, -0.25) is 9.69 Å². The van der Waals surface area contributed by atoms with E-state index in [1.807, 2.05) is 42.5 Å². The van der Waals surface area contributed by atoms with Crippen LogP contribution in [-0.2, 0) is 0 Å². The summed E-state index contributed by atoms with van der Waals surface area (Å²) in [7, 11) is 0. The van der Waals surface area contributed by atoms with E-state index in [2.05, 4.69) is 5.92 Å². The van der Waals surface area contributed by atoms with E-state index in [9.17, 15) is 4.79 Å². The smallest absolute Gasteiger partial charge is 0.292 e. The van der Waals surface area contributed by atoms with E-state index in [-0.39, 0.29) is 11.8 Å². The average Bonchev–Trinajstić information content (AvgIpc) is 3.09. The van der Waals surface area contributed by atoms with E-state index in [0.717, 1.165) is 23.1 Å². The number of furan rings is 1. The number of terminal acetylenes is 1. The molecule has 1 aliphatic rings. The van der Waals surface area contributed by atoms with Crippen LogP contribution in [0.4, 0.5) is 4.79 Å². The summed E-state index contributed by atoms with van der Waals surface area (Å²) in [5.41, 5.74) is 0.999. The highest BCUT2D eigenvalue weighted by Gasteiger charge is 2.31. The Bertz CT molecular complexity index is 800. The van der Waals surface area contributed by atoms with Gasteiger partial charge in [0.15, 0.2) is 0 Å². The summed E-state index contributed by atoms with van der Waals surface area (Å²) in [6.45, 7) is 0.190. The summed E-state index contributed by atoms with van der Waals surface area (Å²) in [5, 5.41) is -0.149. The molecule has 0 spiro atoms. The van der Waals surface area contributed by atoms with Crippen LogP contribution in [0.3, 0.4) is 0 Å². The lowest BCUT2D eigenvalue weighted by atomic mass is 10.2. The molecule has 3 rings (SSSR count). The number of thioether (sulfide) groups is 1. The van der Waals surface area contributed by atoms with E-state index in [1.165, 1.54) is 4.90 Å². The number of carbonyl (C=O) groups is 1. The first-order valence-electron chi connectivity index (χ1n) is 6.53. The molecule has 5 heteroatoms. The Kier molecular flexibility index (Phi) is 4.14. The molecule has 0 radical (unpaired) electrons. The van der Waals surface area contributed by atoms with Crippen molar-refractivity contribution >= 4 is 40.3 Å². The van der Waals surface area contributed by atoms with Gasteiger partial charge in [0, 0.05) is 5.56 Å². The summed E-state index contributed by atoms with van der Waals surface area (Å²) < 4.78 is 5.79. The Morgan fingerprint density at radius 1 is 1.27 bits per heavy atom. The largest absolute Gasteiger partial charge is 0.457 e. The van der Waals surface area contributed by atoms with Crippen molar-refractivity contribution in [3.8, 4) is 23.7 Å². The first kappa shape index (κ1) is 14.6. The molecule has 2 heterocycles. The molecule has 0 saturated carbocycles. The highest BCUT2D eigenvalue weighted by molar-refractivity contribution is 8.19. The molecular weight excluding hydrogens is 314 g/mol. The van der Waals surface area contributed by atoms with Crippen LogP contribution in [0.15, 0.2) is 51.8 Å². The fourth-order valence-corrected chi connectivity index (χ4v) is 3.26. The van der Waals surface area contributed by atoms with Gasteiger partial charge >= 0.3 is 0 Å². The van der Waals surface area contributed by atoms with Crippen molar-refractivity contribution in [1.29, 1.82) is 0 Å². The molecule has 1 aromatic carbocycles. The number of rotatable bonds is 3. The van der Waals surface area contributed by atoms with Crippen molar-refractivity contribution in [3.63, 3.8) is 0 Å². The van der Waals surface area contributed by atoms with Gasteiger partial charge in [-0.05, 0) is 30.0 Å². The molecule has 0 aliphatic carbocycles. The summed E-state index contributed by atoms with van der Waals surface area (Å²) in [6.07, 6.45) is 7.02. The minimum Gasteiger partial charge on any atom is -0.457 e. The van der Waals surface area contributed by atoms with Crippen molar-refractivity contribution in [1.82, 2.24) is 4.90 Å². The number of hydrogen-bond acceptors (Lipinski definition) is 4. The maximum absolute atomic E-state index is 11.8. The Balaban J connectivity index is 1.85. The summed E-state index contributed by atoms with van der Waals surface area (Å²) in [4.78, 5) is 14.4. The molecule has 1 aliphatic heterocycles. The zero-order valence-electron chi connectivity index (χ0n) is 11.5. The second-order valence-electron chi connectivity index (χ2n) is 4.54. The molecule has 108 valence electrons. The van der Waals surface area contributed by atoms with Gasteiger partial charge < -0.3 is 4.42 Å². The van der Waals surface area contributed by atoms with Gasteiger partial charge in [0.05, 0.1) is 11.4 Å². The molecule has 1 aromatic heterocycles. The minimum atomic E-state index is -0.149. The first-order chi connectivity index (χ1) is 10.7. The fraction of sp³-hybridized carbons (Fsp3) is 0.0588. The third-order valence-corrected chi connectivity index (χ3v) is 4.58. The van der Waals surface area contributed by atoms with Gasteiger partial charge in [-0.15, -0.1) is 6.42 Å². The summed E-state index contributed by atoms with van der Waals surface area (Å²) >= 11 is 6.36. The predicted octanol–water partition coefficient (Wildman–Crippen LogP) is 4.42. The third-order valence-electron chi connectivity index (χ3n) is 3.08. The number of nitrogens with zero attached hydrogens (tertiary/aromatic N) is 1. The Hall–Kier alpha value is -2.29. The lowest BCUT2D eigenvalue weighted by Crippen LogP contribution is -2.26. The van der Waals surface area contributed by atoms with E-state index in [4.69, 9.17) is 23.1 Å². The van der Waals surface area contributed by atoms with Crippen LogP contribution in [0.1, 0.15) is 5.76 Å². The van der Waals surface area contributed by atoms with Gasteiger partial charge in [0.25, 0.3) is 5.24 Å². The molecule has 3 nitrogen and oxygen atoms in total. The Morgan fingerprint density at radius 2 is 2.05 bits per heavy atom. The van der Waals surface area contributed by atoms with Crippen LogP contribution >= 0.6 is 24.0 Å². The van der Waals surface area contributed by atoms with Crippen molar-refractivity contribution in [2.75, 3.05) is 6.54 Å². The maximum atomic E-state index is 11.8. The minimum absolute atomic E-state index is 0.149. The topological polar surface area (TPSA) is 33.5 Å². The second kappa shape index (κ2) is 6.22. The van der Waals surface area contributed by atoms with Crippen LogP contribution in [0, 0.1) is 12.3 Å². The standard InChI is InChI=1S/C17H11NO2S2/c1-2-10-18-16(21)15(22-17(18)19)11-13-8-9-14(20-13)12-6-4-3-5-7-12/h1,3-9,11H,10H2. The second-order valence-corrected chi connectivity index (χ2v) is 5.92. The molecule has 0 unspecified atom stereocenters. The molecule has 1 saturated heterocycles. The molecule has 2 aromatic rings. The summed E-state index contributed by atoms with van der Waals surface area (Å²) in [5.74, 6) is 3.86. The van der Waals surface area contributed by atoms with Gasteiger partial charge in [-0.2, -0.15) is 0 Å². The molecule has 1 amide bonds. The number of carbonyl (C=O) groups excluding carboxylic acids is 1. The van der Waals surface area contributed by atoms with Crippen LogP contribution in [0.5, 0.6) is 0 Å². The molecule has 0 atom stereocenters. The van der Waals surface area contributed by atoms with E-state index >= 15 is 0 Å². The zero-order chi connectivity index (χ0) is 15.5. The van der Waals surface area contributed by atoms with Gasteiger partial charge in [0.1, 0.15) is 16.5 Å². The normalized spacial score (nSPS) is 16.3. The average molecular weight is 325 g/mol. The van der Waals surface area contributed by atoms with Gasteiger partial charge in [0.2, 0.25) is 0 Å². The Labute approximate surface area is 138 Å². The first-order valence-corrected chi connectivity index (χ1v) is 7.75. The van der Waals surface area contributed by atoms with E-state index < -0.39 is 0 Å². The van der Waals surface area contributed by atoms with Crippen molar-refractivity contribution in [3.05, 3.63) is 53.1 Å². The lowest BCUT2D eigenvalue weighted by Gasteiger charge is -2.09. The number of benzene rings is 1. The predicted molar refractivity (Wildman–Crippen MR) is 93.2 cm³/mol. The third kappa shape index (κ3) is 2.84. The van der Waals surface area contributed by atoms with E-state index in [0.29, 0.717) is 15.7 Å². The van der Waals surface area contributed by atoms with Crippen LogP contribution in [0.2, 0.25) is 0 Å². The molecule has 22 heavy (non-hydrogen) atoms. The Morgan fingerprint density at radius 3 is 2.77 bits per heavy atom. The fourth-order valence-electron chi connectivity index (χ4n) is 2.04. The molecular formula is C17H11NO2S2. The molecule has 1 fully saturated rings. The highest BCUT2D eigenvalue weighted by atomic mass is 32.2. The maximum Gasteiger partial charge on any atom is 0.292 e. The van der Waals surface area contributed by atoms with Gasteiger partial charge in [-0.1, -0.05) is 48.5 Å². The number of hydrogen-bond donors (Lipinski definition) is 0. The summed E-state index contributed by atoms with van der Waals surface area (Å²) in [6, 6.07) is 13.6. The highest BCUT2D eigenvalue weighted by Crippen LogP contribution is 2.34. The van der Waals surface area contributed by atoms with Crippen LogP contribution in [0.25, 0.3) is 17.4 Å². The SMILES string of the molecule is C#CCN1C(=O)SC(=Cc2ccc(-c3ccccc3)o2)C1=S. The number of thiocarbonyl (C=S) groups is 1. The lowest BCUT2D eigenvalue weighted by molar-refractivity contribution is 0.248. The molecule has 0 N–H and O–H groups in total. The monoisotopic (exact) mass is 325 g/mol. The van der Waals surface area contributed by atoms with Gasteiger partial charge in [-0.25, -0.2) is 0 Å². The van der Waals surface area contributed by atoms with Crippen molar-refractivity contribution in [2.24, 2.45) is 0 Å². The van der Waals surface area contributed by atoms with Crippen molar-refractivity contribution in [2.45, 2.75) is 0 Å². The zero-order valence-corrected chi connectivity index (χ0v) is 13.1. The number of amides is 1. The quantitative estimate of drug-likeness (QED) is 0.475. The van der Waals surface area contributed by atoms with Crippen molar-refractivity contribution < 1.29 is 9.21 Å². The van der Waals surface area contributed by atoms with Crippen LogP contribution in [-0.4, -0.2) is 21.7 Å². The molecule has 0 bridgehead atoms. The van der Waals surface area contributed by atoms with E-state index in [1.54, 1.807) is 6.08 Å². The van der Waals surface area contributed by atoms with Crippen LogP contribution < -0.4 is 0 Å².